The monoisotopic (exact) mass is 1020 g/mol. The molecule has 0 atom stereocenters. The summed E-state index contributed by atoms with van der Waals surface area (Å²) < 4.78 is 0. The minimum atomic E-state index is 0.970. The molecule has 0 fully saturated rings. The molecule has 16 rings (SSSR count). The van der Waals surface area contributed by atoms with E-state index in [0.717, 1.165) is 42.7 Å². The SMILES string of the molecule is C1=Cc2c(c(-c3ccc4cc(N(c5ccc6ccccc6c5)c5ccc6ccccc6c5)ccc4c3)cc3cc(-c4ccc5cc(N(C6=Cc7ccccc7CC6)c6ccc7ccccc7c6)ccc5c4)c4ccccc4c23)CC1. The van der Waals surface area contributed by atoms with Crippen LogP contribution in [0.3, 0.4) is 0 Å². The fraction of sp³-hybridized carbons (Fsp3) is 0.0513. The third-order valence-corrected chi connectivity index (χ3v) is 17.2. The molecule has 0 radical (unpaired) electrons. The number of benzene rings is 14. The van der Waals surface area contributed by atoms with Crippen molar-refractivity contribution in [3.8, 4) is 22.3 Å². The Hall–Kier alpha value is -10.0. The minimum Gasteiger partial charge on any atom is -0.314 e. The molecule has 2 nitrogen and oxygen atoms in total. The van der Waals surface area contributed by atoms with Gasteiger partial charge in [-0.15, -0.1) is 0 Å². The van der Waals surface area contributed by atoms with Crippen LogP contribution in [0.15, 0.2) is 273 Å². The second-order valence-electron chi connectivity index (χ2n) is 21.9. The average Bonchev–Trinajstić information content (AvgIpc) is 3.71. The zero-order valence-electron chi connectivity index (χ0n) is 44.3. The Kier molecular flexibility index (Phi) is 10.9. The molecule has 0 saturated carbocycles. The maximum absolute atomic E-state index is 2.49. The average molecular weight is 1020 g/mol. The fourth-order valence-corrected chi connectivity index (χ4v) is 13.3. The van der Waals surface area contributed by atoms with Gasteiger partial charge in [0.15, 0.2) is 0 Å². The van der Waals surface area contributed by atoms with Crippen LogP contribution < -0.4 is 9.80 Å². The van der Waals surface area contributed by atoms with Gasteiger partial charge in [-0.2, -0.15) is 0 Å². The van der Waals surface area contributed by atoms with E-state index < -0.39 is 0 Å². The fourth-order valence-electron chi connectivity index (χ4n) is 13.3. The molecule has 0 heterocycles. The van der Waals surface area contributed by atoms with Crippen LogP contribution >= 0.6 is 0 Å². The lowest BCUT2D eigenvalue weighted by atomic mass is 9.82. The summed E-state index contributed by atoms with van der Waals surface area (Å²) in [5, 5.41) is 17.5. The number of hydrogen-bond donors (Lipinski definition) is 0. The molecule has 0 aliphatic heterocycles. The summed E-state index contributed by atoms with van der Waals surface area (Å²) in [6.45, 7) is 0. The maximum atomic E-state index is 2.49. The van der Waals surface area contributed by atoms with Gasteiger partial charge < -0.3 is 9.80 Å². The van der Waals surface area contributed by atoms with Crippen LogP contribution in [0.5, 0.6) is 0 Å². The largest absolute Gasteiger partial charge is 0.314 e. The van der Waals surface area contributed by atoms with E-state index in [-0.39, 0.29) is 0 Å². The van der Waals surface area contributed by atoms with Crippen LogP contribution in [0.4, 0.5) is 28.4 Å². The van der Waals surface area contributed by atoms with Crippen molar-refractivity contribution in [1.82, 2.24) is 0 Å². The molecule has 80 heavy (non-hydrogen) atoms. The lowest BCUT2D eigenvalue weighted by Gasteiger charge is -2.31. The number of allylic oxidation sites excluding steroid dienone is 2. The smallest absolute Gasteiger partial charge is 0.0468 e. The van der Waals surface area contributed by atoms with Gasteiger partial charge in [0.2, 0.25) is 0 Å². The normalized spacial score (nSPS) is 13.1. The Morgan fingerprint density at radius 3 is 1.32 bits per heavy atom. The third kappa shape index (κ3) is 7.94. The van der Waals surface area contributed by atoms with Crippen molar-refractivity contribution in [1.29, 1.82) is 0 Å². The first kappa shape index (κ1) is 46.1. The first-order chi connectivity index (χ1) is 39.6. The number of rotatable bonds is 8. The van der Waals surface area contributed by atoms with E-state index >= 15 is 0 Å². The van der Waals surface area contributed by atoms with Crippen LogP contribution in [-0.2, 0) is 12.8 Å². The van der Waals surface area contributed by atoms with Crippen molar-refractivity contribution in [2.24, 2.45) is 0 Å². The molecule has 0 N–H and O–H groups in total. The predicted molar refractivity (Wildman–Crippen MR) is 343 cm³/mol. The molecule has 2 aliphatic rings. The van der Waals surface area contributed by atoms with Gasteiger partial charge in [-0.25, -0.2) is 0 Å². The zero-order valence-corrected chi connectivity index (χ0v) is 44.3. The lowest BCUT2D eigenvalue weighted by molar-refractivity contribution is 0.894. The van der Waals surface area contributed by atoms with Crippen LogP contribution in [0.2, 0.25) is 0 Å². The summed E-state index contributed by atoms with van der Waals surface area (Å²) in [6, 6.07) is 97.5. The molecule has 14 aromatic carbocycles. The Morgan fingerprint density at radius 1 is 0.300 bits per heavy atom. The molecular formula is C78H54N2. The Labute approximate surface area is 466 Å². The topological polar surface area (TPSA) is 6.48 Å². The number of hydrogen-bond acceptors (Lipinski definition) is 2. The summed E-state index contributed by atoms with van der Waals surface area (Å²) >= 11 is 0. The van der Waals surface area contributed by atoms with Crippen molar-refractivity contribution in [3.63, 3.8) is 0 Å². The highest BCUT2D eigenvalue weighted by Gasteiger charge is 2.23. The molecule has 0 aromatic heterocycles. The van der Waals surface area contributed by atoms with Gasteiger partial charge in [-0.05, 0) is 237 Å². The zero-order chi connectivity index (χ0) is 52.7. The number of nitrogens with zero attached hydrogens (tertiary/aromatic N) is 2. The van der Waals surface area contributed by atoms with E-state index in [4.69, 9.17) is 0 Å². The summed E-state index contributed by atoms with van der Waals surface area (Å²) in [5.41, 5.74) is 17.6. The second kappa shape index (κ2) is 18.9. The molecule has 14 aromatic rings. The van der Waals surface area contributed by atoms with Gasteiger partial charge in [0.25, 0.3) is 0 Å². The molecule has 0 amide bonds. The van der Waals surface area contributed by atoms with E-state index in [1.165, 1.54) is 137 Å². The number of aryl methyl sites for hydroxylation is 1. The van der Waals surface area contributed by atoms with Gasteiger partial charge in [0.1, 0.15) is 0 Å². The van der Waals surface area contributed by atoms with Gasteiger partial charge >= 0.3 is 0 Å². The van der Waals surface area contributed by atoms with Crippen molar-refractivity contribution >= 4 is 116 Å². The molecular weight excluding hydrogens is 965 g/mol. The Bertz CT molecular complexity index is 4840. The van der Waals surface area contributed by atoms with Gasteiger partial charge in [-0.1, -0.05) is 188 Å². The predicted octanol–water partition coefficient (Wildman–Crippen LogP) is 21.6. The number of fused-ring (bicyclic) bond motifs is 11. The highest BCUT2D eigenvalue weighted by Crippen LogP contribution is 2.46. The van der Waals surface area contributed by atoms with Crippen LogP contribution in [-0.4, -0.2) is 0 Å². The minimum absolute atomic E-state index is 0.970. The molecule has 0 unspecified atom stereocenters. The lowest BCUT2D eigenvalue weighted by Crippen LogP contribution is -2.19. The first-order valence-corrected chi connectivity index (χ1v) is 28.2. The quantitative estimate of drug-likeness (QED) is 0.140. The van der Waals surface area contributed by atoms with Crippen molar-refractivity contribution in [3.05, 3.63) is 295 Å². The van der Waals surface area contributed by atoms with Crippen LogP contribution in [0.25, 0.3) is 110 Å². The van der Waals surface area contributed by atoms with E-state index in [1.807, 2.05) is 0 Å². The van der Waals surface area contributed by atoms with Gasteiger partial charge in [0.05, 0.1) is 0 Å². The van der Waals surface area contributed by atoms with E-state index in [0.29, 0.717) is 0 Å². The van der Waals surface area contributed by atoms with E-state index in [1.54, 1.807) is 0 Å². The first-order valence-electron chi connectivity index (χ1n) is 28.2. The van der Waals surface area contributed by atoms with Gasteiger partial charge in [-0.3, -0.25) is 0 Å². The summed E-state index contributed by atoms with van der Waals surface area (Å²) in [7, 11) is 0. The Balaban J connectivity index is 0.791. The van der Waals surface area contributed by atoms with Crippen molar-refractivity contribution in [2.45, 2.75) is 25.7 Å². The summed E-state index contributed by atoms with van der Waals surface area (Å²) in [4.78, 5) is 4.89. The second-order valence-corrected chi connectivity index (χ2v) is 21.9. The van der Waals surface area contributed by atoms with E-state index in [2.05, 4.69) is 289 Å². The van der Waals surface area contributed by atoms with Crippen molar-refractivity contribution < 1.29 is 0 Å². The molecule has 0 spiro atoms. The highest BCUT2D eigenvalue weighted by molar-refractivity contribution is 6.18. The summed E-state index contributed by atoms with van der Waals surface area (Å²) in [5.74, 6) is 0. The third-order valence-electron chi connectivity index (χ3n) is 17.2. The standard InChI is InChI=1S/C78H54N2/c1-5-17-55-43-66(35-29-51(55)13-1)79(67-36-30-52-14-2-6-18-56(52)44-67)70-39-33-59-41-63(27-25-61(59)47-70)76-49-65-50-77(73-22-10-12-24-75(73)78(65)74-23-11-9-21-72(74)76)64-28-26-62-48-71(40-34-60(62)42-64)80(68-37-31-53-15-3-7-19-57(53)45-68)69-38-32-54-16-4-8-20-58(54)46-69/h1-9,11-21,23-29,31-35,37-50H,10,22,30,36H2. The molecule has 0 bridgehead atoms. The highest BCUT2D eigenvalue weighted by atomic mass is 15.2. The van der Waals surface area contributed by atoms with Crippen LogP contribution in [0, 0.1) is 0 Å². The molecule has 0 saturated heterocycles. The molecule has 2 aliphatic carbocycles. The molecule has 2 heteroatoms. The van der Waals surface area contributed by atoms with Gasteiger partial charge in [0, 0.05) is 34.1 Å². The Morgan fingerprint density at radius 2 is 0.738 bits per heavy atom. The maximum Gasteiger partial charge on any atom is 0.0468 e. The van der Waals surface area contributed by atoms with Crippen LogP contribution in [0.1, 0.15) is 35.1 Å². The summed E-state index contributed by atoms with van der Waals surface area (Å²) in [6.07, 6.45) is 11.2. The molecule has 376 valence electrons. The van der Waals surface area contributed by atoms with Crippen molar-refractivity contribution in [2.75, 3.05) is 9.80 Å². The number of anilines is 5. The van der Waals surface area contributed by atoms with E-state index in [9.17, 15) is 0 Å².